The Bertz CT molecular complexity index is 599. The Balaban J connectivity index is 1.98. The molecule has 20 heavy (non-hydrogen) atoms. The van der Waals surface area contributed by atoms with Gasteiger partial charge in [-0.2, -0.15) is 0 Å². The number of fused-ring (bicyclic) bond motifs is 1. The van der Waals surface area contributed by atoms with Gasteiger partial charge in [0, 0.05) is 24.9 Å². The third-order valence-corrected chi connectivity index (χ3v) is 4.49. The van der Waals surface area contributed by atoms with Crippen molar-refractivity contribution in [3.8, 4) is 0 Å². The number of aliphatic hydroxyl groups is 1. The quantitative estimate of drug-likeness (QED) is 0.899. The molecule has 0 saturated heterocycles. The molecule has 2 aromatic rings. The van der Waals surface area contributed by atoms with Crippen molar-refractivity contribution in [1.82, 2.24) is 14.4 Å². The molecule has 0 aliphatic heterocycles. The number of nitrogens with zero attached hydrogens (tertiary/aromatic N) is 3. The minimum absolute atomic E-state index is 0.312. The van der Waals surface area contributed by atoms with E-state index in [9.17, 15) is 5.11 Å². The summed E-state index contributed by atoms with van der Waals surface area (Å²) in [6, 6.07) is 0. The molecule has 5 nitrogen and oxygen atoms in total. The van der Waals surface area contributed by atoms with Gasteiger partial charge < -0.3 is 10.8 Å². The second-order valence-electron chi connectivity index (χ2n) is 5.70. The predicted molar refractivity (Wildman–Crippen MR) is 78.6 cm³/mol. The molecule has 0 amide bonds. The van der Waals surface area contributed by atoms with Gasteiger partial charge in [-0.1, -0.05) is 6.92 Å². The summed E-state index contributed by atoms with van der Waals surface area (Å²) in [5, 5.41) is 9.25. The lowest BCUT2D eigenvalue weighted by Gasteiger charge is -2.26. The first-order valence-corrected chi connectivity index (χ1v) is 7.46. The second-order valence-corrected chi connectivity index (χ2v) is 5.70. The lowest BCUT2D eigenvalue weighted by atomic mass is 9.82. The summed E-state index contributed by atoms with van der Waals surface area (Å²) >= 11 is 0. The first-order valence-electron chi connectivity index (χ1n) is 7.46. The van der Waals surface area contributed by atoms with Gasteiger partial charge in [-0.25, -0.2) is 9.97 Å². The Labute approximate surface area is 118 Å². The van der Waals surface area contributed by atoms with Crippen molar-refractivity contribution >= 4 is 11.3 Å². The van der Waals surface area contributed by atoms with Crippen LogP contribution in [0.4, 0.5) is 5.82 Å². The first kappa shape index (κ1) is 13.4. The number of hydrogen-bond acceptors (Lipinski definition) is 4. The molecule has 3 rings (SSSR count). The minimum Gasteiger partial charge on any atom is -0.396 e. The third kappa shape index (κ3) is 2.16. The summed E-state index contributed by atoms with van der Waals surface area (Å²) in [4.78, 5) is 9.01. The first-order chi connectivity index (χ1) is 9.74. The number of hydrogen-bond donors (Lipinski definition) is 2. The lowest BCUT2D eigenvalue weighted by molar-refractivity contribution is 0.181. The maximum atomic E-state index is 9.25. The highest BCUT2D eigenvalue weighted by Gasteiger charge is 2.26. The number of nitrogens with two attached hydrogens (primary N) is 1. The molecular formula is C15H22N4O. The number of nitrogen functional groups attached to an aromatic ring is 1. The number of imidazole rings is 1. The molecule has 2 aromatic heterocycles. The molecule has 0 atom stereocenters. The van der Waals surface area contributed by atoms with Gasteiger partial charge in [0.05, 0.1) is 5.69 Å². The Kier molecular flexibility index (Phi) is 3.61. The smallest absolute Gasteiger partial charge is 0.149 e. The van der Waals surface area contributed by atoms with E-state index >= 15 is 0 Å². The topological polar surface area (TPSA) is 76.4 Å². The molecule has 108 valence electrons. The molecule has 0 bridgehead atoms. The third-order valence-electron chi connectivity index (χ3n) is 4.49. The molecule has 5 heteroatoms. The van der Waals surface area contributed by atoms with Crippen molar-refractivity contribution in [2.24, 2.45) is 5.92 Å². The SMILES string of the molecule is CCc1nc([C@H]2CC[C@H](CO)CC2)n2ccnc(N)c12. The summed E-state index contributed by atoms with van der Waals surface area (Å²) in [6.07, 6.45) is 8.92. The van der Waals surface area contributed by atoms with Crippen molar-refractivity contribution in [3.05, 3.63) is 23.9 Å². The van der Waals surface area contributed by atoms with Crippen LogP contribution in [-0.4, -0.2) is 26.1 Å². The van der Waals surface area contributed by atoms with E-state index in [0.29, 0.717) is 24.3 Å². The van der Waals surface area contributed by atoms with E-state index in [1.165, 1.54) is 0 Å². The van der Waals surface area contributed by atoms with Crippen LogP contribution in [0.15, 0.2) is 12.4 Å². The summed E-state index contributed by atoms with van der Waals surface area (Å²) in [5.74, 6) is 2.61. The highest BCUT2D eigenvalue weighted by molar-refractivity contribution is 5.69. The van der Waals surface area contributed by atoms with Crippen LogP contribution in [0.1, 0.15) is 50.0 Å². The number of anilines is 1. The Morgan fingerprint density at radius 1 is 1.35 bits per heavy atom. The van der Waals surface area contributed by atoms with Crippen LogP contribution in [0, 0.1) is 5.92 Å². The fraction of sp³-hybridized carbons (Fsp3) is 0.600. The maximum absolute atomic E-state index is 9.25. The zero-order valence-electron chi connectivity index (χ0n) is 11.9. The van der Waals surface area contributed by atoms with Gasteiger partial charge in [0.1, 0.15) is 17.2 Å². The average Bonchev–Trinajstić information content (AvgIpc) is 2.87. The summed E-state index contributed by atoms with van der Waals surface area (Å²) in [7, 11) is 0. The summed E-state index contributed by atoms with van der Waals surface area (Å²) < 4.78 is 2.12. The van der Waals surface area contributed by atoms with Gasteiger partial charge >= 0.3 is 0 Å². The number of rotatable bonds is 3. The second kappa shape index (κ2) is 5.40. The van der Waals surface area contributed by atoms with Gasteiger partial charge in [0.2, 0.25) is 0 Å². The van der Waals surface area contributed by atoms with Gasteiger partial charge in [-0.05, 0) is 38.0 Å². The normalized spacial score (nSPS) is 23.3. The zero-order chi connectivity index (χ0) is 14.1. The molecule has 0 aromatic carbocycles. The summed E-state index contributed by atoms with van der Waals surface area (Å²) in [5.41, 5.74) is 8.02. The number of aliphatic hydroxyl groups excluding tert-OH is 1. The lowest BCUT2D eigenvalue weighted by Crippen LogP contribution is -2.17. The van der Waals surface area contributed by atoms with Gasteiger partial charge in [-0.3, -0.25) is 4.40 Å². The number of aryl methyl sites for hydroxylation is 1. The molecule has 1 aliphatic rings. The van der Waals surface area contributed by atoms with E-state index in [1.54, 1.807) is 6.20 Å². The molecule has 3 N–H and O–H groups in total. The summed E-state index contributed by atoms with van der Waals surface area (Å²) in [6.45, 7) is 2.41. The van der Waals surface area contributed by atoms with Crippen molar-refractivity contribution in [1.29, 1.82) is 0 Å². The van der Waals surface area contributed by atoms with Gasteiger partial charge in [0.15, 0.2) is 0 Å². The van der Waals surface area contributed by atoms with Crippen LogP contribution in [0.25, 0.3) is 5.52 Å². The van der Waals surface area contributed by atoms with E-state index in [-0.39, 0.29) is 0 Å². The van der Waals surface area contributed by atoms with E-state index in [1.807, 2.05) is 6.20 Å². The molecule has 0 radical (unpaired) electrons. The molecule has 1 saturated carbocycles. The van der Waals surface area contributed by atoms with Crippen LogP contribution in [-0.2, 0) is 6.42 Å². The van der Waals surface area contributed by atoms with E-state index < -0.39 is 0 Å². The minimum atomic E-state index is 0.312. The molecule has 0 unspecified atom stereocenters. The average molecular weight is 274 g/mol. The highest BCUT2D eigenvalue weighted by atomic mass is 16.3. The zero-order valence-corrected chi connectivity index (χ0v) is 11.9. The van der Waals surface area contributed by atoms with Crippen LogP contribution >= 0.6 is 0 Å². The molecular weight excluding hydrogens is 252 g/mol. The van der Waals surface area contributed by atoms with E-state index in [2.05, 4.69) is 16.3 Å². The number of aromatic nitrogens is 3. The highest BCUT2D eigenvalue weighted by Crippen LogP contribution is 2.36. The Morgan fingerprint density at radius 2 is 2.10 bits per heavy atom. The Hall–Kier alpha value is -1.62. The maximum Gasteiger partial charge on any atom is 0.149 e. The predicted octanol–water partition coefficient (Wildman–Crippen LogP) is 2.14. The van der Waals surface area contributed by atoms with Crippen molar-refractivity contribution in [2.75, 3.05) is 12.3 Å². The molecule has 1 fully saturated rings. The monoisotopic (exact) mass is 274 g/mol. The van der Waals surface area contributed by atoms with Gasteiger partial charge in [-0.15, -0.1) is 0 Å². The molecule has 1 aliphatic carbocycles. The van der Waals surface area contributed by atoms with Crippen LogP contribution < -0.4 is 5.73 Å². The fourth-order valence-corrected chi connectivity index (χ4v) is 3.30. The largest absolute Gasteiger partial charge is 0.396 e. The van der Waals surface area contributed by atoms with Crippen molar-refractivity contribution in [2.45, 2.75) is 44.9 Å². The molecule has 2 heterocycles. The van der Waals surface area contributed by atoms with E-state index in [4.69, 9.17) is 10.7 Å². The van der Waals surface area contributed by atoms with Crippen LogP contribution in [0.5, 0.6) is 0 Å². The standard InChI is InChI=1S/C15H22N4O/c1-2-12-13-14(16)17-7-8-19(13)15(18-12)11-5-3-10(9-20)4-6-11/h7-8,10-11,20H,2-6,9H2,1H3,(H2,16,17)/t10-,11-. The van der Waals surface area contributed by atoms with Gasteiger partial charge in [0.25, 0.3) is 0 Å². The van der Waals surface area contributed by atoms with Crippen molar-refractivity contribution in [3.63, 3.8) is 0 Å². The van der Waals surface area contributed by atoms with E-state index in [0.717, 1.165) is 49.1 Å². The van der Waals surface area contributed by atoms with Crippen LogP contribution in [0.2, 0.25) is 0 Å². The van der Waals surface area contributed by atoms with Crippen LogP contribution in [0.3, 0.4) is 0 Å². The molecule has 0 spiro atoms. The van der Waals surface area contributed by atoms with Crippen molar-refractivity contribution < 1.29 is 5.11 Å². The fourth-order valence-electron chi connectivity index (χ4n) is 3.30. The Morgan fingerprint density at radius 3 is 2.75 bits per heavy atom.